The van der Waals surface area contributed by atoms with Gasteiger partial charge in [-0.15, -0.1) is 0 Å². The Balaban J connectivity index is -0.0000000629. The summed E-state index contributed by atoms with van der Waals surface area (Å²) in [6.07, 6.45) is 0. The Hall–Kier alpha value is 2.54. The summed E-state index contributed by atoms with van der Waals surface area (Å²) in [5.74, 6) is 0. The Labute approximate surface area is 577 Å². The molecule has 0 bridgehead atoms. The number of hydrogen-bond acceptors (Lipinski definition) is 10. The van der Waals surface area contributed by atoms with Crippen LogP contribution in [0.25, 0.3) is 32.6 Å². The molecule has 68 heavy (non-hydrogen) atoms. The summed E-state index contributed by atoms with van der Waals surface area (Å²) in [5.41, 5.74) is 22.7. The molecule has 0 aromatic heterocycles. The zero-order chi connectivity index (χ0) is 52.2. The van der Waals surface area contributed by atoms with Crippen molar-refractivity contribution in [1.82, 2.24) is 0 Å². The molecule has 0 heterocycles. The van der Waals surface area contributed by atoms with E-state index in [2.05, 4.69) is 136 Å². The van der Waals surface area contributed by atoms with Crippen molar-refractivity contribution in [3.05, 3.63) is 32.6 Å². The van der Waals surface area contributed by atoms with Crippen molar-refractivity contribution in [1.29, 1.82) is 0 Å². The van der Waals surface area contributed by atoms with Gasteiger partial charge < -0.3 is 42.2 Å². The van der Waals surface area contributed by atoms with E-state index in [0.29, 0.717) is 0 Å². The third-order valence-corrected chi connectivity index (χ3v) is 3.97. The molecule has 0 saturated heterocycles. The van der Waals surface area contributed by atoms with Crippen molar-refractivity contribution in [2.24, 2.45) is 51.8 Å². The molecule has 0 amide bonds. The first-order valence-corrected chi connectivity index (χ1v) is 21.9. The van der Waals surface area contributed by atoms with Gasteiger partial charge >= 0.3 is 196 Å². The van der Waals surface area contributed by atoms with Crippen molar-refractivity contribution < 1.29 is 168 Å². The van der Waals surface area contributed by atoms with Crippen LogP contribution in [0.3, 0.4) is 0 Å². The van der Waals surface area contributed by atoms with E-state index in [1.807, 2.05) is 187 Å². The molecule has 0 spiro atoms. The minimum absolute atomic E-state index is 0. The van der Waals surface area contributed by atoms with E-state index in [4.69, 9.17) is 0 Å². The third kappa shape index (κ3) is 138. The second-order valence-electron chi connectivity index (χ2n) is 25.9. The van der Waals surface area contributed by atoms with Crippen LogP contribution in [0, 0.1) is 0 Å². The second kappa shape index (κ2) is 43.6. The predicted octanol–water partition coefficient (Wildman–Crippen LogP) is 2.57. The van der Waals surface area contributed by atoms with Crippen molar-refractivity contribution >= 4 is 37.7 Å². The molecule has 0 aromatic carbocycles. The van der Waals surface area contributed by atoms with Crippen LogP contribution in [0.4, 0.5) is 0 Å². The molecule has 0 aliphatic heterocycles. The molecule has 0 rings (SSSR count). The summed E-state index contributed by atoms with van der Waals surface area (Å²) in [6, 6.07) is 0. The van der Waals surface area contributed by atoms with E-state index >= 15 is 0 Å². The number of rotatable bonds is 6. The molecule has 2 N–H and O–H groups in total. The Morgan fingerprint density at radius 1 is 0.294 bits per heavy atom. The predicted molar refractivity (Wildman–Crippen MR) is 275 cm³/mol. The fourth-order valence-electron chi connectivity index (χ4n) is 1.70. The van der Waals surface area contributed by atoms with Crippen LogP contribution in [0.15, 0.2) is 51.8 Å². The summed E-state index contributed by atoms with van der Waals surface area (Å²) in [6.45, 7) is 66.2. The summed E-state index contributed by atoms with van der Waals surface area (Å²) in [7, 11) is 1.61. The van der Waals surface area contributed by atoms with Crippen LogP contribution in [0.1, 0.15) is 228 Å². The normalized spacial score (nSPS) is 12.8. The molecule has 0 atom stereocenters. The minimum atomic E-state index is -0.116. The van der Waals surface area contributed by atoms with E-state index in [9.17, 15) is 0 Å². The molecule has 0 aliphatic carbocycles. The number of hydrogen-bond donors (Lipinski definition) is 2. The molecular formula is C45H104CaCsKLi2N18+2. The first kappa shape index (κ1) is 96.2. The van der Waals surface area contributed by atoms with E-state index in [0.717, 1.165) is 0 Å². The van der Waals surface area contributed by atoms with Crippen molar-refractivity contribution in [3.8, 4) is 0 Å². The first-order chi connectivity index (χ1) is 27.1. The maximum atomic E-state index is 4.06. The quantitative estimate of drug-likeness (QED) is 0.222. The first-order valence-electron chi connectivity index (χ1n) is 21.9. The van der Waals surface area contributed by atoms with Gasteiger partial charge in [0, 0.05) is 11.1 Å². The number of nitrogens with zero attached hydrogens (tertiary/aromatic N) is 16. The van der Waals surface area contributed by atoms with Crippen molar-refractivity contribution in [3.63, 3.8) is 0 Å². The molecule has 0 radical (unpaired) electrons. The van der Waals surface area contributed by atoms with Crippen LogP contribution < -0.4 is 168 Å². The van der Waals surface area contributed by atoms with Gasteiger partial charge in [0.05, 0.1) is 11.1 Å². The van der Waals surface area contributed by atoms with Gasteiger partial charge in [0.25, 0.3) is 0 Å². The molecule has 23 heteroatoms. The maximum Gasteiger partial charge on any atom is 2.00 e. The maximum absolute atomic E-state index is 4.06. The molecular weight excluding hydrogens is 1020 g/mol. The van der Waals surface area contributed by atoms with Crippen LogP contribution in [-0.4, -0.2) is 106 Å². The Morgan fingerprint density at radius 2 is 0.456 bits per heavy atom. The van der Waals surface area contributed by atoms with Crippen LogP contribution in [0.2, 0.25) is 0 Å². The van der Waals surface area contributed by atoms with Gasteiger partial charge in [0.15, 0.2) is 0 Å². The Kier molecular flexibility index (Phi) is 61.7. The molecule has 0 aliphatic rings. The van der Waals surface area contributed by atoms with E-state index in [1.54, 1.807) is 7.05 Å². The number of nitrogens with one attached hydrogen (secondary N) is 2. The monoisotopic (exact) mass is 1120 g/mol. The van der Waals surface area contributed by atoms with Gasteiger partial charge in [-0.2, -0.15) is 10.9 Å². The zero-order valence-electron chi connectivity index (χ0n) is 52.4. The summed E-state index contributed by atoms with van der Waals surface area (Å²) in [5, 5.41) is 44.3. The molecule has 0 saturated carbocycles. The topological polar surface area (TPSA) is 236 Å². The van der Waals surface area contributed by atoms with Gasteiger partial charge in [0.2, 0.25) is 0 Å². The van der Waals surface area contributed by atoms with Crippen LogP contribution in [0.5, 0.6) is 0 Å². The van der Waals surface area contributed by atoms with Gasteiger partial charge in [-0.3, -0.25) is 31.1 Å². The molecule has 18 nitrogen and oxygen atoms in total. The smallest absolute Gasteiger partial charge is 0.386 e. The summed E-state index contributed by atoms with van der Waals surface area (Å²) >= 11 is 0. The molecule has 0 fully saturated rings. The van der Waals surface area contributed by atoms with E-state index < -0.39 is 0 Å². The summed E-state index contributed by atoms with van der Waals surface area (Å²) < 4.78 is 0. The van der Waals surface area contributed by atoms with Crippen molar-refractivity contribution in [2.75, 3.05) is 7.05 Å². The fourth-order valence-corrected chi connectivity index (χ4v) is 1.70. The van der Waals surface area contributed by atoms with Gasteiger partial charge in [0.1, 0.15) is 0 Å². The van der Waals surface area contributed by atoms with Gasteiger partial charge in [-0.1, -0.05) is 156 Å². The van der Waals surface area contributed by atoms with Crippen LogP contribution >= 0.6 is 0 Å². The largest absolute Gasteiger partial charge is 2.00 e. The molecule has 0 unspecified atom stereocenters. The Bertz CT molecular complexity index is 1110. The van der Waals surface area contributed by atoms with Gasteiger partial charge in [-0.25, -0.2) is 0 Å². The molecule has 0 aromatic rings. The summed E-state index contributed by atoms with van der Waals surface area (Å²) in [4.78, 5) is 0. The molecule has 378 valence electrons. The standard InChI is InChI=1S/5C8H18N3.C5H12N3.Ca.Cs.K.2Li/c5*1-7(2,3)9-11-10-8(4,5)6;1-5(2,3)7-8-6-4;;;;;/h5*1-6H3;1-4H3;;;;;/q6*-1;+2;4*+1/p+2. The minimum Gasteiger partial charge on any atom is -0.386 e. The zero-order valence-corrected chi connectivity index (χ0v) is 64.0. The SMILES string of the molecule is CC(C)(C)N=N[N-]C(C)(C)C.CC(C)(C)N=N[N-]C(C)(C)C.CC(C)(C)N=N[N-]C(C)(C)C.CC(C)(C)[N-]N=[NH+]C(C)(C)C.CC(C)(C)[N-]N=[NH+]C(C)(C)C.C[N-]N=NC(C)(C)C.[Ca+2].[Cs+].[K+].[Li+].[Li+]. The Morgan fingerprint density at radius 3 is 0.559 bits per heavy atom. The van der Waals surface area contributed by atoms with Crippen molar-refractivity contribution in [2.45, 2.75) is 289 Å². The second-order valence-corrected chi connectivity index (χ2v) is 25.9. The average Bonchev–Trinajstić information content (AvgIpc) is 2.90. The van der Waals surface area contributed by atoms with E-state index in [1.165, 1.54) is 0 Å². The van der Waals surface area contributed by atoms with Crippen LogP contribution in [-0.2, 0) is 0 Å². The van der Waals surface area contributed by atoms with E-state index in [-0.39, 0.29) is 257 Å². The third-order valence-electron chi connectivity index (χ3n) is 3.97. The van der Waals surface area contributed by atoms with Gasteiger partial charge in [-0.05, 0) is 129 Å². The fraction of sp³-hybridized carbons (Fsp3) is 1.00. The average molecular weight is 1120 g/mol.